The predicted octanol–water partition coefficient (Wildman–Crippen LogP) is 2.15. The molecule has 0 radical (unpaired) electrons. The van der Waals surface area contributed by atoms with E-state index in [0.29, 0.717) is 6.54 Å². The van der Waals surface area contributed by atoms with E-state index in [1.165, 1.54) is 0 Å². The van der Waals surface area contributed by atoms with Crippen LogP contribution in [-0.2, 0) is 6.54 Å². The van der Waals surface area contributed by atoms with Gasteiger partial charge in [-0.05, 0) is 23.8 Å². The summed E-state index contributed by atoms with van der Waals surface area (Å²) in [7, 11) is 3.93. The van der Waals surface area contributed by atoms with Crippen LogP contribution in [0.5, 0.6) is 0 Å². The number of nitrogens with two attached hydrogens (primary N) is 1. The number of hydrogen-bond donors (Lipinski definition) is 2. The van der Waals surface area contributed by atoms with E-state index in [4.69, 9.17) is 5.73 Å². The van der Waals surface area contributed by atoms with Crippen LogP contribution in [0.25, 0.3) is 22.6 Å². The number of nitrogens with one attached hydrogen (secondary N) is 1. The first kappa shape index (κ1) is 12.6. The van der Waals surface area contributed by atoms with E-state index < -0.39 is 0 Å². The lowest BCUT2D eigenvalue weighted by atomic mass is 10.1. The van der Waals surface area contributed by atoms with Gasteiger partial charge in [-0.15, -0.1) is 0 Å². The van der Waals surface area contributed by atoms with Crippen molar-refractivity contribution in [3.8, 4) is 11.4 Å². The smallest absolute Gasteiger partial charge is 0.180 e. The molecule has 20 heavy (non-hydrogen) atoms. The summed E-state index contributed by atoms with van der Waals surface area (Å²) in [5.41, 5.74) is 9.45. The largest absolute Gasteiger partial charge is 0.363 e. The molecule has 0 aliphatic carbocycles. The molecule has 3 aromatic rings. The number of aromatic amines is 1. The van der Waals surface area contributed by atoms with Gasteiger partial charge >= 0.3 is 0 Å². The van der Waals surface area contributed by atoms with Crippen LogP contribution in [0.1, 0.15) is 5.56 Å². The molecule has 5 heteroatoms. The third-order valence-electron chi connectivity index (χ3n) is 3.23. The summed E-state index contributed by atoms with van der Waals surface area (Å²) in [6, 6.07) is 12.0. The monoisotopic (exact) mass is 267 g/mol. The Morgan fingerprint density at radius 2 is 2.00 bits per heavy atom. The number of benzene rings is 1. The lowest BCUT2D eigenvalue weighted by Gasteiger charge is -2.09. The molecule has 0 fully saturated rings. The van der Waals surface area contributed by atoms with Crippen LogP contribution in [0.4, 0.5) is 5.82 Å². The standard InChI is InChI=1S/C15H17N5/c1-20(2)13-7-6-12-15(18-13)19-14(17-12)11-5-3-4-10(8-11)9-16/h3-8H,9,16H2,1-2H3,(H,17,18,19). The van der Waals surface area contributed by atoms with Gasteiger partial charge in [-0.2, -0.15) is 0 Å². The quantitative estimate of drug-likeness (QED) is 0.762. The first-order valence-corrected chi connectivity index (χ1v) is 6.51. The van der Waals surface area contributed by atoms with Gasteiger partial charge in [-0.1, -0.05) is 18.2 Å². The highest BCUT2D eigenvalue weighted by atomic mass is 15.1. The Morgan fingerprint density at radius 1 is 1.15 bits per heavy atom. The molecular weight excluding hydrogens is 250 g/mol. The molecule has 0 bridgehead atoms. The molecule has 2 aromatic heterocycles. The maximum absolute atomic E-state index is 5.68. The minimum atomic E-state index is 0.525. The van der Waals surface area contributed by atoms with E-state index in [0.717, 1.165) is 33.9 Å². The highest BCUT2D eigenvalue weighted by Crippen LogP contribution is 2.22. The van der Waals surface area contributed by atoms with Crippen molar-refractivity contribution in [3.05, 3.63) is 42.0 Å². The molecule has 0 spiro atoms. The Morgan fingerprint density at radius 3 is 2.75 bits per heavy atom. The second-order valence-corrected chi connectivity index (χ2v) is 4.92. The van der Waals surface area contributed by atoms with Gasteiger partial charge in [0, 0.05) is 26.2 Å². The summed E-state index contributed by atoms with van der Waals surface area (Å²) < 4.78 is 0. The van der Waals surface area contributed by atoms with Crippen LogP contribution in [0.2, 0.25) is 0 Å². The SMILES string of the molecule is CN(C)c1ccc2[nH]c(-c3cccc(CN)c3)nc2n1. The van der Waals surface area contributed by atoms with Gasteiger partial charge in [0.2, 0.25) is 0 Å². The summed E-state index contributed by atoms with van der Waals surface area (Å²) in [6.45, 7) is 0.525. The van der Waals surface area contributed by atoms with E-state index in [2.05, 4.69) is 15.0 Å². The van der Waals surface area contributed by atoms with E-state index in [-0.39, 0.29) is 0 Å². The number of anilines is 1. The van der Waals surface area contributed by atoms with Crippen molar-refractivity contribution >= 4 is 17.0 Å². The zero-order valence-electron chi connectivity index (χ0n) is 11.6. The topological polar surface area (TPSA) is 70.8 Å². The number of fused-ring (bicyclic) bond motifs is 1. The molecule has 0 saturated heterocycles. The summed E-state index contributed by atoms with van der Waals surface area (Å²) in [4.78, 5) is 14.3. The van der Waals surface area contributed by atoms with Crippen molar-refractivity contribution in [2.75, 3.05) is 19.0 Å². The minimum absolute atomic E-state index is 0.525. The van der Waals surface area contributed by atoms with Gasteiger partial charge in [0.1, 0.15) is 11.6 Å². The molecule has 3 N–H and O–H groups in total. The molecule has 5 nitrogen and oxygen atoms in total. The van der Waals surface area contributed by atoms with Crippen LogP contribution >= 0.6 is 0 Å². The van der Waals surface area contributed by atoms with Crippen LogP contribution in [0.15, 0.2) is 36.4 Å². The average Bonchev–Trinajstić information content (AvgIpc) is 2.90. The normalized spacial score (nSPS) is 10.9. The van der Waals surface area contributed by atoms with Crippen molar-refractivity contribution < 1.29 is 0 Å². The number of hydrogen-bond acceptors (Lipinski definition) is 4. The zero-order chi connectivity index (χ0) is 14.1. The fraction of sp³-hybridized carbons (Fsp3) is 0.200. The Bertz CT molecular complexity index is 745. The number of imidazole rings is 1. The maximum atomic E-state index is 5.68. The predicted molar refractivity (Wildman–Crippen MR) is 81.5 cm³/mol. The molecule has 0 atom stereocenters. The Hall–Kier alpha value is -2.40. The fourth-order valence-corrected chi connectivity index (χ4v) is 2.11. The van der Waals surface area contributed by atoms with Crippen LogP contribution in [-0.4, -0.2) is 29.0 Å². The fourth-order valence-electron chi connectivity index (χ4n) is 2.11. The highest BCUT2D eigenvalue weighted by molar-refractivity contribution is 5.77. The minimum Gasteiger partial charge on any atom is -0.363 e. The van der Waals surface area contributed by atoms with Gasteiger partial charge in [0.25, 0.3) is 0 Å². The molecule has 1 aromatic carbocycles. The van der Waals surface area contributed by atoms with E-state index in [9.17, 15) is 0 Å². The zero-order valence-corrected chi connectivity index (χ0v) is 11.6. The Kier molecular flexibility index (Phi) is 3.12. The van der Waals surface area contributed by atoms with Gasteiger partial charge in [0.05, 0.1) is 5.52 Å². The molecule has 3 rings (SSSR count). The second-order valence-electron chi connectivity index (χ2n) is 4.92. The summed E-state index contributed by atoms with van der Waals surface area (Å²) in [5, 5.41) is 0. The summed E-state index contributed by atoms with van der Waals surface area (Å²) >= 11 is 0. The van der Waals surface area contributed by atoms with Gasteiger partial charge in [-0.25, -0.2) is 9.97 Å². The van der Waals surface area contributed by atoms with Crippen LogP contribution in [0.3, 0.4) is 0 Å². The second kappa shape index (κ2) is 4.94. The highest BCUT2D eigenvalue weighted by Gasteiger charge is 2.08. The van der Waals surface area contributed by atoms with E-state index in [1.807, 2.05) is 55.4 Å². The lowest BCUT2D eigenvalue weighted by molar-refractivity contribution is 1.07. The van der Waals surface area contributed by atoms with Crippen molar-refractivity contribution in [1.82, 2.24) is 15.0 Å². The molecule has 0 aliphatic heterocycles. The van der Waals surface area contributed by atoms with Crippen LogP contribution < -0.4 is 10.6 Å². The number of pyridine rings is 1. The van der Waals surface area contributed by atoms with E-state index in [1.54, 1.807) is 0 Å². The molecular formula is C15H17N5. The number of nitrogens with zero attached hydrogens (tertiary/aromatic N) is 3. The van der Waals surface area contributed by atoms with Gasteiger partial charge < -0.3 is 15.6 Å². The number of H-pyrrole nitrogens is 1. The molecule has 0 aliphatic rings. The first-order valence-electron chi connectivity index (χ1n) is 6.51. The molecule has 102 valence electrons. The van der Waals surface area contributed by atoms with Gasteiger partial charge in [-0.3, -0.25) is 0 Å². The maximum Gasteiger partial charge on any atom is 0.180 e. The van der Waals surface area contributed by atoms with Crippen molar-refractivity contribution in [2.24, 2.45) is 5.73 Å². The van der Waals surface area contributed by atoms with Gasteiger partial charge in [0.15, 0.2) is 5.65 Å². The average molecular weight is 267 g/mol. The van der Waals surface area contributed by atoms with Crippen LogP contribution in [0, 0.1) is 0 Å². The Labute approximate surface area is 117 Å². The van der Waals surface area contributed by atoms with Crippen molar-refractivity contribution in [3.63, 3.8) is 0 Å². The number of aromatic nitrogens is 3. The molecule has 0 saturated carbocycles. The third-order valence-corrected chi connectivity index (χ3v) is 3.23. The lowest BCUT2D eigenvalue weighted by Crippen LogP contribution is -2.10. The van der Waals surface area contributed by atoms with Crippen molar-refractivity contribution in [1.29, 1.82) is 0 Å². The number of rotatable bonds is 3. The molecule has 0 amide bonds. The summed E-state index contributed by atoms with van der Waals surface area (Å²) in [5.74, 6) is 1.71. The Balaban J connectivity index is 2.08. The first-order chi connectivity index (χ1) is 9.67. The summed E-state index contributed by atoms with van der Waals surface area (Å²) in [6.07, 6.45) is 0. The van der Waals surface area contributed by atoms with E-state index >= 15 is 0 Å². The molecule has 2 heterocycles. The molecule has 0 unspecified atom stereocenters. The van der Waals surface area contributed by atoms with Crippen molar-refractivity contribution in [2.45, 2.75) is 6.54 Å². The third kappa shape index (κ3) is 2.23.